The van der Waals surface area contributed by atoms with Gasteiger partial charge in [-0.2, -0.15) is 0 Å². The summed E-state index contributed by atoms with van der Waals surface area (Å²) < 4.78 is 17.6. The minimum atomic E-state index is -0.910. The highest BCUT2D eigenvalue weighted by atomic mass is 79.9. The molecule has 0 radical (unpaired) electrons. The summed E-state index contributed by atoms with van der Waals surface area (Å²) >= 11 is 9.77. The van der Waals surface area contributed by atoms with Gasteiger partial charge in [-0.3, -0.25) is 15.0 Å². The van der Waals surface area contributed by atoms with Gasteiger partial charge >= 0.3 is 0 Å². The summed E-state index contributed by atoms with van der Waals surface area (Å²) in [6, 6.07) is 10.9. The van der Waals surface area contributed by atoms with Crippen molar-refractivity contribution in [2.45, 2.75) is 57.9 Å². The maximum Gasteiger partial charge on any atom is 0.257 e. The number of halogens is 2. The molecule has 1 aliphatic heterocycles. The first-order valence-electron chi connectivity index (χ1n) is 12.9. The van der Waals surface area contributed by atoms with E-state index in [0.29, 0.717) is 78.2 Å². The SMILES string of the molecule is CC(C)NCCC(O)Oc1ccc(OCCCNC(=O)COc2ccc(C3CCC(=O)NN3)cc2Cl)cc1Br. The van der Waals surface area contributed by atoms with Crippen molar-refractivity contribution < 1.29 is 28.9 Å². The highest BCUT2D eigenvalue weighted by molar-refractivity contribution is 9.10. The standard InChI is InChI=1S/C27H36BrClN4O6/c1-17(2)30-12-10-27(36)39-23-8-5-19(15-20(23)28)37-13-3-11-31-26(35)16-38-24-7-4-18(14-21(24)29)22-6-9-25(34)33-32-22/h4-5,7-8,14-15,17,22,27,30,32,36H,3,6,9-13,16H2,1-2H3,(H,31,35)(H,33,34). The molecule has 2 amide bonds. The van der Waals surface area contributed by atoms with Gasteiger partial charge < -0.3 is 30.0 Å². The maximum atomic E-state index is 12.2. The molecule has 0 aromatic heterocycles. The minimum Gasteiger partial charge on any atom is -0.493 e. The zero-order valence-electron chi connectivity index (χ0n) is 22.1. The van der Waals surface area contributed by atoms with Crippen molar-refractivity contribution in [3.8, 4) is 17.2 Å². The number of rotatable bonds is 15. The number of nitrogens with one attached hydrogen (secondary N) is 4. The third kappa shape index (κ3) is 10.8. The monoisotopic (exact) mass is 626 g/mol. The average Bonchev–Trinajstić information content (AvgIpc) is 2.89. The third-order valence-electron chi connectivity index (χ3n) is 5.79. The van der Waals surface area contributed by atoms with Crippen LogP contribution in [0.5, 0.6) is 17.2 Å². The molecule has 214 valence electrons. The highest BCUT2D eigenvalue weighted by Crippen LogP contribution is 2.31. The van der Waals surface area contributed by atoms with Crippen LogP contribution in [0.4, 0.5) is 0 Å². The summed E-state index contributed by atoms with van der Waals surface area (Å²) in [5, 5.41) is 16.5. The van der Waals surface area contributed by atoms with Gasteiger partial charge in [0.25, 0.3) is 5.91 Å². The zero-order chi connectivity index (χ0) is 28.2. The van der Waals surface area contributed by atoms with Gasteiger partial charge in [-0.1, -0.05) is 31.5 Å². The van der Waals surface area contributed by atoms with Crippen molar-refractivity contribution in [2.24, 2.45) is 0 Å². The molecule has 0 spiro atoms. The number of aliphatic hydroxyl groups excluding tert-OH is 1. The van der Waals surface area contributed by atoms with Crippen LogP contribution in [0.25, 0.3) is 0 Å². The molecule has 12 heteroatoms. The summed E-state index contributed by atoms with van der Waals surface area (Å²) in [6.45, 7) is 5.41. The van der Waals surface area contributed by atoms with Crippen molar-refractivity contribution in [1.82, 2.24) is 21.5 Å². The summed E-state index contributed by atoms with van der Waals surface area (Å²) in [5.41, 5.74) is 6.50. The molecule has 2 aromatic rings. The minimum absolute atomic E-state index is 0.0257. The Hall–Kier alpha value is -2.57. The van der Waals surface area contributed by atoms with Crippen LogP contribution >= 0.6 is 27.5 Å². The van der Waals surface area contributed by atoms with Gasteiger partial charge in [0.1, 0.15) is 17.2 Å². The lowest BCUT2D eigenvalue weighted by atomic mass is 10.0. The van der Waals surface area contributed by atoms with Crippen LogP contribution in [0.1, 0.15) is 51.1 Å². The summed E-state index contributed by atoms with van der Waals surface area (Å²) in [4.78, 5) is 23.5. The highest BCUT2D eigenvalue weighted by Gasteiger charge is 2.20. The van der Waals surface area contributed by atoms with Crippen LogP contribution in [0, 0.1) is 0 Å². The molecule has 10 nitrogen and oxygen atoms in total. The fourth-order valence-electron chi connectivity index (χ4n) is 3.73. The third-order valence-corrected chi connectivity index (χ3v) is 6.70. The van der Waals surface area contributed by atoms with Gasteiger partial charge in [0.15, 0.2) is 12.9 Å². The van der Waals surface area contributed by atoms with Gasteiger partial charge in [0.05, 0.1) is 22.1 Å². The Morgan fingerprint density at radius 2 is 1.97 bits per heavy atom. The summed E-state index contributed by atoms with van der Waals surface area (Å²) in [6.07, 6.45) is 1.28. The predicted octanol–water partition coefficient (Wildman–Crippen LogP) is 3.61. The smallest absolute Gasteiger partial charge is 0.257 e. The molecule has 1 saturated heterocycles. The van der Waals surface area contributed by atoms with Crippen molar-refractivity contribution in [1.29, 1.82) is 0 Å². The number of hydrogen-bond acceptors (Lipinski definition) is 8. The molecule has 1 aliphatic rings. The van der Waals surface area contributed by atoms with E-state index in [2.05, 4.69) is 37.4 Å². The molecule has 1 fully saturated rings. The Labute approximate surface area is 242 Å². The molecule has 2 unspecified atom stereocenters. The molecule has 3 rings (SSSR count). The predicted molar refractivity (Wildman–Crippen MR) is 152 cm³/mol. The Bertz CT molecular complexity index is 1100. The Morgan fingerprint density at radius 3 is 2.67 bits per heavy atom. The van der Waals surface area contributed by atoms with Crippen LogP contribution < -0.4 is 35.7 Å². The molecule has 5 N–H and O–H groups in total. The first kappa shape index (κ1) is 31.0. The topological polar surface area (TPSA) is 130 Å². The quantitative estimate of drug-likeness (QED) is 0.150. The van der Waals surface area contributed by atoms with Crippen LogP contribution in [-0.2, 0) is 9.59 Å². The van der Waals surface area contributed by atoms with E-state index >= 15 is 0 Å². The molecule has 2 atom stereocenters. The average molecular weight is 628 g/mol. The largest absolute Gasteiger partial charge is 0.493 e. The van der Waals surface area contributed by atoms with Crippen LogP contribution in [-0.4, -0.2) is 55.6 Å². The molecule has 1 heterocycles. The van der Waals surface area contributed by atoms with Crippen molar-refractivity contribution in [2.75, 3.05) is 26.3 Å². The molecular formula is C27H36BrClN4O6. The number of amides is 2. The van der Waals surface area contributed by atoms with E-state index in [1.54, 1.807) is 30.3 Å². The molecular weight excluding hydrogens is 592 g/mol. The first-order valence-corrected chi connectivity index (χ1v) is 14.1. The second-order valence-corrected chi connectivity index (χ2v) is 10.6. The lowest BCUT2D eigenvalue weighted by Gasteiger charge is -2.24. The van der Waals surface area contributed by atoms with Crippen LogP contribution in [0.3, 0.4) is 0 Å². The van der Waals surface area contributed by atoms with E-state index in [-0.39, 0.29) is 24.5 Å². The van der Waals surface area contributed by atoms with Gasteiger partial charge in [-0.05, 0) is 64.7 Å². The molecule has 39 heavy (non-hydrogen) atoms. The van der Waals surface area contributed by atoms with Crippen molar-refractivity contribution >= 4 is 39.3 Å². The molecule has 0 aliphatic carbocycles. The Morgan fingerprint density at radius 1 is 1.18 bits per heavy atom. The van der Waals surface area contributed by atoms with E-state index in [9.17, 15) is 14.7 Å². The van der Waals surface area contributed by atoms with E-state index in [4.69, 9.17) is 25.8 Å². The fraction of sp³-hybridized carbons (Fsp3) is 0.481. The van der Waals surface area contributed by atoms with E-state index < -0.39 is 6.29 Å². The fourth-order valence-corrected chi connectivity index (χ4v) is 4.43. The van der Waals surface area contributed by atoms with E-state index in [1.165, 1.54) is 0 Å². The summed E-state index contributed by atoms with van der Waals surface area (Å²) in [5.74, 6) is 1.28. The Balaban J connectivity index is 1.31. The van der Waals surface area contributed by atoms with Crippen molar-refractivity contribution in [3.05, 3.63) is 51.5 Å². The number of carbonyl (C=O) groups excluding carboxylic acids is 2. The van der Waals surface area contributed by atoms with Crippen LogP contribution in [0.2, 0.25) is 5.02 Å². The van der Waals surface area contributed by atoms with Gasteiger partial charge in [-0.15, -0.1) is 0 Å². The molecule has 0 bridgehead atoms. The Kier molecular flexibility index (Phi) is 12.6. The number of aliphatic hydroxyl groups is 1. The number of ether oxygens (including phenoxy) is 3. The normalized spacial score (nSPS) is 15.9. The number of benzene rings is 2. The molecule has 0 saturated carbocycles. The van der Waals surface area contributed by atoms with Crippen LogP contribution in [0.15, 0.2) is 40.9 Å². The first-order chi connectivity index (χ1) is 18.7. The number of hydrogen-bond donors (Lipinski definition) is 5. The zero-order valence-corrected chi connectivity index (χ0v) is 24.4. The lowest BCUT2D eigenvalue weighted by molar-refractivity contribution is -0.124. The maximum absolute atomic E-state index is 12.2. The van der Waals surface area contributed by atoms with E-state index in [1.807, 2.05) is 19.9 Å². The number of hydrazine groups is 1. The van der Waals surface area contributed by atoms with Gasteiger partial charge in [-0.25, -0.2) is 5.43 Å². The summed E-state index contributed by atoms with van der Waals surface area (Å²) in [7, 11) is 0. The second-order valence-electron chi connectivity index (χ2n) is 9.38. The second kappa shape index (κ2) is 15.9. The molecule has 2 aromatic carbocycles. The van der Waals surface area contributed by atoms with Crippen molar-refractivity contribution in [3.63, 3.8) is 0 Å². The van der Waals surface area contributed by atoms with Gasteiger partial charge in [0.2, 0.25) is 5.91 Å². The van der Waals surface area contributed by atoms with E-state index in [0.717, 1.165) is 5.56 Å². The number of carbonyl (C=O) groups is 2. The van der Waals surface area contributed by atoms with Gasteiger partial charge in [0, 0.05) is 32.0 Å². The lowest BCUT2D eigenvalue weighted by Crippen LogP contribution is -2.44.